The number of fused-ring (bicyclic) bond motifs is 1. The smallest absolute Gasteiger partial charge is 0.413 e. The van der Waals surface area contributed by atoms with Gasteiger partial charge >= 0.3 is 7.67 Å². The van der Waals surface area contributed by atoms with Crippen LogP contribution in [-0.4, -0.2) is 11.6 Å². The second-order valence-corrected chi connectivity index (χ2v) is 6.31. The van der Waals surface area contributed by atoms with Crippen molar-refractivity contribution in [2.45, 2.75) is 13.3 Å². The highest BCUT2D eigenvalue weighted by Gasteiger charge is 2.31. The molecule has 1 heterocycles. The molecule has 0 aliphatic carbocycles. The summed E-state index contributed by atoms with van der Waals surface area (Å²) < 4.78 is 21.8. The zero-order valence-electron chi connectivity index (χ0n) is 10.9. The van der Waals surface area contributed by atoms with E-state index in [4.69, 9.17) is 4.52 Å². The molecule has 20 heavy (non-hydrogen) atoms. The summed E-state index contributed by atoms with van der Waals surface area (Å²) in [5.74, 6) is 0.0902. The van der Waals surface area contributed by atoms with Crippen LogP contribution in [-0.2, 0) is 9.36 Å². The van der Waals surface area contributed by atoms with Crippen LogP contribution in [0.5, 0.6) is 5.75 Å². The quantitative estimate of drug-likeness (QED) is 0.862. The topological polar surface area (TPSA) is 67.8 Å². The van der Waals surface area contributed by atoms with Gasteiger partial charge in [0.05, 0.1) is 6.42 Å². The van der Waals surface area contributed by atoms with Crippen molar-refractivity contribution in [1.29, 1.82) is 0 Å². The summed E-state index contributed by atoms with van der Waals surface area (Å²) in [6.07, 6.45) is 0.158. The molecule has 1 aliphatic heterocycles. The van der Waals surface area contributed by atoms with E-state index < -0.39 is 7.67 Å². The van der Waals surface area contributed by atoms with Crippen LogP contribution in [0.25, 0.3) is 10.8 Å². The largest absolute Gasteiger partial charge is 0.467 e. The average Bonchev–Trinajstić information content (AvgIpc) is 2.36. The molecule has 5 nitrogen and oxygen atoms in total. The highest BCUT2D eigenvalue weighted by atomic mass is 31.2. The predicted molar refractivity (Wildman–Crippen MR) is 78.1 cm³/mol. The van der Waals surface area contributed by atoms with Gasteiger partial charge in [0, 0.05) is 5.71 Å². The Kier molecular flexibility index (Phi) is 3.07. The fraction of sp³-hybridized carbons (Fsp3) is 0.143. The van der Waals surface area contributed by atoms with Crippen molar-refractivity contribution in [3.8, 4) is 5.75 Å². The van der Waals surface area contributed by atoms with E-state index in [1.54, 1.807) is 19.1 Å². The zero-order chi connectivity index (χ0) is 14.2. The zero-order valence-corrected chi connectivity index (χ0v) is 11.8. The van der Waals surface area contributed by atoms with Crippen molar-refractivity contribution in [2.75, 3.05) is 0 Å². The molecule has 3 rings (SSSR count). The molecule has 0 saturated heterocycles. The summed E-state index contributed by atoms with van der Waals surface area (Å²) in [5.41, 5.74) is 0.512. The van der Waals surface area contributed by atoms with Crippen LogP contribution >= 0.6 is 7.67 Å². The Bertz CT molecular complexity index is 770. The number of carbonyl (C=O) groups is 1. The Labute approximate surface area is 116 Å². The van der Waals surface area contributed by atoms with Crippen molar-refractivity contribution in [3.05, 3.63) is 42.5 Å². The van der Waals surface area contributed by atoms with Crippen LogP contribution in [0.3, 0.4) is 0 Å². The molecule has 0 aromatic heterocycles. The van der Waals surface area contributed by atoms with Crippen molar-refractivity contribution < 1.29 is 13.9 Å². The van der Waals surface area contributed by atoms with E-state index in [1.165, 1.54) is 0 Å². The van der Waals surface area contributed by atoms with Crippen LogP contribution in [0.1, 0.15) is 13.3 Å². The summed E-state index contributed by atoms with van der Waals surface area (Å²) in [7, 11) is -3.54. The molecule has 1 amide bonds. The van der Waals surface area contributed by atoms with E-state index in [1.807, 2.05) is 30.3 Å². The third-order valence-corrected chi connectivity index (χ3v) is 4.53. The number of nitrogens with zero attached hydrogens (tertiary/aromatic N) is 1. The van der Waals surface area contributed by atoms with E-state index in [0.29, 0.717) is 11.5 Å². The molecule has 1 atom stereocenters. The molecule has 6 heteroatoms. The van der Waals surface area contributed by atoms with Gasteiger partial charge in [0.1, 0.15) is 5.75 Å². The van der Waals surface area contributed by atoms with Crippen molar-refractivity contribution >= 4 is 30.1 Å². The summed E-state index contributed by atoms with van der Waals surface area (Å²) in [6, 6.07) is 13.1. The van der Waals surface area contributed by atoms with Crippen molar-refractivity contribution in [2.24, 2.45) is 4.76 Å². The average molecular weight is 288 g/mol. The maximum Gasteiger partial charge on any atom is 0.467 e. The molecule has 1 aliphatic rings. The Balaban J connectivity index is 1.94. The lowest BCUT2D eigenvalue weighted by Gasteiger charge is -2.20. The number of nitrogens with one attached hydrogen (secondary N) is 1. The molecule has 0 saturated carbocycles. The van der Waals surface area contributed by atoms with Crippen LogP contribution in [0.4, 0.5) is 0 Å². The van der Waals surface area contributed by atoms with Gasteiger partial charge in [-0.05, 0) is 29.8 Å². The van der Waals surface area contributed by atoms with Crippen LogP contribution in [0, 0.1) is 0 Å². The molecule has 0 spiro atoms. The van der Waals surface area contributed by atoms with Gasteiger partial charge in [-0.2, -0.15) is 4.76 Å². The van der Waals surface area contributed by atoms with E-state index >= 15 is 0 Å². The third kappa shape index (κ3) is 2.58. The molecular weight excluding hydrogens is 275 g/mol. The van der Waals surface area contributed by atoms with Crippen LogP contribution in [0.15, 0.2) is 47.2 Å². The molecule has 102 valence electrons. The van der Waals surface area contributed by atoms with Gasteiger partial charge in [-0.1, -0.05) is 30.3 Å². The first-order valence-corrected chi connectivity index (χ1v) is 7.77. The van der Waals surface area contributed by atoms with Crippen LogP contribution in [0.2, 0.25) is 0 Å². The first-order valence-electron chi connectivity index (χ1n) is 6.19. The van der Waals surface area contributed by atoms with E-state index in [2.05, 4.69) is 9.85 Å². The van der Waals surface area contributed by atoms with E-state index in [0.717, 1.165) is 10.8 Å². The highest BCUT2D eigenvalue weighted by Crippen LogP contribution is 2.47. The Morgan fingerprint density at radius 1 is 1.20 bits per heavy atom. The number of hydrogen-bond donors (Lipinski definition) is 1. The van der Waals surface area contributed by atoms with Crippen LogP contribution < -0.4 is 9.61 Å². The standard InChI is InChI=1S/C14H13N2O3P/c1-10-8-14(17)16-20(18,15-10)19-13-7-6-11-4-2-3-5-12(11)9-13/h2-7,9H,8H2,1H3,(H,16,17,18). The monoisotopic (exact) mass is 288 g/mol. The predicted octanol–water partition coefficient (Wildman–Crippen LogP) is 3.31. The summed E-state index contributed by atoms with van der Waals surface area (Å²) >= 11 is 0. The summed E-state index contributed by atoms with van der Waals surface area (Å²) in [5, 5.41) is 4.36. The first kappa shape index (κ1) is 12.9. The van der Waals surface area contributed by atoms with Gasteiger partial charge in [-0.15, -0.1) is 0 Å². The SMILES string of the molecule is CC1=NP(=O)(Oc2ccc3ccccc3c2)NC(=O)C1. The van der Waals surface area contributed by atoms with Gasteiger partial charge < -0.3 is 4.52 Å². The first-order chi connectivity index (χ1) is 9.54. The second kappa shape index (κ2) is 4.76. The minimum absolute atomic E-state index is 0.158. The Morgan fingerprint density at radius 2 is 1.95 bits per heavy atom. The molecule has 0 fully saturated rings. The number of carbonyl (C=O) groups excluding carboxylic acids is 1. The second-order valence-electron chi connectivity index (χ2n) is 4.67. The maximum atomic E-state index is 12.4. The fourth-order valence-electron chi connectivity index (χ4n) is 2.12. The molecule has 1 N–H and O–H groups in total. The van der Waals surface area contributed by atoms with Gasteiger partial charge in [0.15, 0.2) is 0 Å². The minimum atomic E-state index is -3.54. The Morgan fingerprint density at radius 3 is 2.70 bits per heavy atom. The fourth-order valence-corrected chi connectivity index (χ4v) is 3.58. The molecule has 0 radical (unpaired) electrons. The Hall–Kier alpha value is -2.13. The molecule has 1 unspecified atom stereocenters. The lowest BCUT2D eigenvalue weighted by atomic mass is 10.1. The number of benzene rings is 2. The number of amides is 1. The lowest BCUT2D eigenvalue weighted by Crippen LogP contribution is -2.28. The lowest BCUT2D eigenvalue weighted by molar-refractivity contribution is -0.118. The number of hydrogen-bond acceptors (Lipinski definition) is 3. The summed E-state index contributed by atoms with van der Waals surface area (Å²) in [4.78, 5) is 11.4. The van der Waals surface area contributed by atoms with Crippen molar-refractivity contribution in [1.82, 2.24) is 5.09 Å². The van der Waals surface area contributed by atoms with E-state index in [9.17, 15) is 9.36 Å². The molecular formula is C14H13N2O3P. The minimum Gasteiger partial charge on any atom is -0.413 e. The molecule has 2 aromatic rings. The highest BCUT2D eigenvalue weighted by molar-refractivity contribution is 7.57. The molecule has 2 aromatic carbocycles. The van der Waals surface area contributed by atoms with Gasteiger partial charge in [0.2, 0.25) is 5.91 Å². The molecule has 0 bridgehead atoms. The van der Waals surface area contributed by atoms with Gasteiger partial charge in [-0.25, -0.2) is 4.57 Å². The normalized spacial score (nSPS) is 22.2. The van der Waals surface area contributed by atoms with E-state index in [-0.39, 0.29) is 12.3 Å². The number of rotatable bonds is 2. The van der Waals surface area contributed by atoms with Gasteiger partial charge in [-0.3, -0.25) is 9.88 Å². The maximum absolute atomic E-state index is 12.4. The third-order valence-electron chi connectivity index (χ3n) is 2.93. The van der Waals surface area contributed by atoms with Gasteiger partial charge in [0.25, 0.3) is 0 Å². The van der Waals surface area contributed by atoms with Crippen molar-refractivity contribution in [3.63, 3.8) is 0 Å². The summed E-state index contributed by atoms with van der Waals surface area (Å²) in [6.45, 7) is 1.66.